The van der Waals surface area contributed by atoms with Gasteiger partial charge in [-0.2, -0.15) is 0 Å². The van der Waals surface area contributed by atoms with Crippen molar-refractivity contribution < 1.29 is 9.47 Å². The summed E-state index contributed by atoms with van der Waals surface area (Å²) in [7, 11) is 5.12. The predicted octanol–water partition coefficient (Wildman–Crippen LogP) is 2.70. The van der Waals surface area contributed by atoms with Crippen molar-refractivity contribution in [2.75, 3.05) is 21.3 Å². The Morgan fingerprint density at radius 1 is 1.18 bits per heavy atom. The number of nitrogens with zero attached hydrogens (tertiary/aromatic N) is 1. The number of rotatable bonds is 5. The van der Waals surface area contributed by atoms with E-state index in [1.165, 1.54) is 32.1 Å². The number of benzene rings is 1. The largest absolute Gasteiger partial charge is 0.493 e. The minimum Gasteiger partial charge on any atom is -0.493 e. The Hall–Kier alpha value is -1.91. The fourth-order valence-electron chi connectivity index (χ4n) is 2.91. The molecule has 5 nitrogen and oxygen atoms in total. The molecule has 0 bridgehead atoms. The summed E-state index contributed by atoms with van der Waals surface area (Å²) >= 11 is 0. The van der Waals surface area contributed by atoms with Gasteiger partial charge in [0.25, 0.3) is 0 Å². The molecule has 0 atom stereocenters. The minimum atomic E-state index is 0.534. The molecule has 0 aliphatic heterocycles. The van der Waals surface area contributed by atoms with Gasteiger partial charge in [0.15, 0.2) is 17.5 Å². The van der Waals surface area contributed by atoms with Gasteiger partial charge in [-0.25, -0.2) is 0 Å². The zero-order valence-corrected chi connectivity index (χ0v) is 13.8. The first-order chi connectivity index (χ1) is 10.8. The molecule has 0 saturated heterocycles. The zero-order chi connectivity index (χ0) is 15.8. The van der Waals surface area contributed by atoms with E-state index in [0.717, 1.165) is 23.0 Å². The molecule has 0 heterocycles. The molecule has 1 aliphatic rings. The number of aliphatic imine (C=N–C) groups is 1. The Kier molecular flexibility index (Phi) is 6.37. The minimum absolute atomic E-state index is 0.534. The quantitative estimate of drug-likeness (QED) is 0.649. The maximum Gasteiger partial charge on any atom is 0.191 e. The Labute approximate surface area is 133 Å². The van der Waals surface area contributed by atoms with E-state index < -0.39 is 0 Å². The second kappa shape index (κ2) is 8.51. The first-order valence-corrected chi connectivity index (χ1v) is 7.95. The van der Waals surface area contributed by atoms with Crippen molar-refractivity contribution in [2.24, 2.45) is 4.99 Å². The lowest BCUT2D eigenvalue weighted by molar-refractivity contribution is 0.351. The van der Waals surface area contributed by atoms with Crippen LogP contribution in [0.1, 0.15) is 37.7 Å². The summed E-state index contributed by atoms with van der Waals surface area (Å²) in [5.74, 6) is 2.36. The van der Waals surface area contributed by atoms with Crippen LogP contribution in [0, 0.1) is 0 Å². The van der Waals surface area contributed by atoms with E-state index in [1.807, 2.05) is 18.2 Å². The fraction of sp³-hybridized carbons (Fsp3) is 0.588. The van der Waals surface area contributed by atoms with Crippen LogP contribution in [0.2, 0.25) is 0 Å². The van der Waals surface area contributed by atoms with Gasteiger partial charge in [0.1, 0.15) is 0 Å². The van der Waals surface area contributed by atoms with Crippen LogP contribution in [-0.4, -0.2) is 33.3 Å². The molecule has 1 aromatic rings. The lowest BCUT2D eigenvalue weighted by Gasteiger charge is -2.25. The van der Waals surface area contributed by atoms with E-state index in [0.29, 0.717) is 12.6 Å². The van der Waals surface area contributed by atoms with E-state index in [4.69, 9.17) is 9.47 Å². The highest BCUT2D eigenvalue weighted by atomic mass is 16.5. The van der Waals surface area contributed by atoms with Crippen molar-refractivity contribution in [3.05, 3.63) is 23.8 Å². The topological polar surface area (TPSA) is 54.9 Å². The van der Waals surface area contributed by atoms with Gasteiger partial charge >= 0.3 is 0 Å². The smallest absolute Gasteiger partial charge is 0.191 e. The molecule has 0 unspecified atom stereocenters. The monoisotopic (exact) mass is 305 g/mol. The second-order valence-corrected chi connectivity index (χ2v) is 5.56. The molecule has 1 saturated carbocycles. The molecule has 0 spiro atoms. The number of hydrogen-bond donors (Lipinski definition) is 2. The molecule has 122 valence electrons. The summed E-state index contributed by atoms with van der Waals surface area (Å²) in [6.07, 6.45) is 6.41. The number of para-hydroxylation sites is 1. The van der Waals surface area contributed by atoms with E-state index in [-0.39, 0.29) is 0 Å². The Morgan fingerprint density at radius 2 is 1.95 bits per heavy atom. The van der Waals surface area contributed by atoms with Crippen molar-refractivity contribution >= 4 is 5.96 Å². The van der Waals surface area contributed by atoms with E-state index >= 15 is 0 Å². The average molecular weight is 305 g/mol. The third-order valence-corrected chi connectivity index (χ3v) is 4.10. The van der Waals surface area contributed by atoms with Gasteiger partial charge < -0.3 is 20.1 Å². The molecule has 1 fully saturated rings. The van der Waals surface area contributed by atoms with Crippen molar-refractivity contribution in [2.45, 2.75) is 44.7 Å². The molecule has 2 rings (SSSR count). The summed E-state index contributed by atoms with van der Waals surface area (Å²) in [5, 5.41) is 6.87. The molecule has 2 N–H and O–H groups in total. The van der Waals surface area contributed by atoms with Gasteiger partial charge in [-0.05, 0) is 18.9 Å². The SMILES string of the molecule is CN=C(NCc1cccc(OC)c1OC)NC1CCCCC1. The van der Waals surface area contributed by atoms with Crippen LogP contribution in [0.4, 0.5) is 0 Å². The molecule has 0 radical (unpaired) electrons. The lowest BCUT2D eigenvalue weighted by Crippen LogP contribution is -2.43. The zero-order valence-electron chi connectivity index (χ0n) is 13.8. The lowest BCUT2D eigenvalue weighted by atomic mass is 9.96. The molecule has 0 aromatic heterocycles. The Bertz CT molecular complexity index is 497. The highest BCUT2D eigenvalue weighted by Gasteiger charge is 2.15. The molecule has 5 heteroatoms. The van der Waals surface area contributed by atoms with Crippen LogP contribution in [0.3, 0.4) is 0 Å². The van der Waals surface area contributed by atoms with Gasteiger partial charge in [0, 0.05) is 25.2 Å². The normalized spacial score (nSPS) is 16.2. The van der Waals surface area contributed by atoms with Crippen LogP contribution >= 0.6 is 0 Å². The number of nitrogens with one attached hydrogen (secondary N) is 2. The second-order valence-electron chi connectivity index (χ2n) is 5.56. The summed E-state index contributed by atoms with van der Waals surface area (Å²) in [4.78, 5) is 4.32. The molecule has 1 aliphatic carbocycles. The first-order valence-electron chi connectivity index (χ1n) is 7.95. The first kappa shape index (κ1) is 16.5. The van der Waals surface area contributed by atoms with Gasteiger partial charge in [-0.3, -0.25) is 4.99 Å². The van der Waals surface area contributed by atoms with Gasteiger partial charge in [0.2, 0.25) is 0 Å². The number of guanidine groups is 1. The third-order valence-electron chi connectivity index (χ3n) is 4.10. The predicted molar refractivity (Wildman–Crippen MR) is 89.8 cm³/mol. The van der Waals surface area contributed by atoms with Gasteiger partial charge in [0.05, 0.1) is 14.2 Å². The number of hydrogen-bond acceptors (Lipinski definition) is 3. The van der Waals surface area contributed by atoms with Crippen LogP contribution in [0.25, 0.3) is 0 Å². The van der Waals surface area contributed by atoms with Gasteiger partial charge in [-0.1, -0.05) is 31.4 Å². The highest BCUT2D eigenvalue weighted by molar-refractivity contribution is 5.80. The van der Waals surface area contributed by atoms with Crippen molar-refractivity contribution in [3.8, 4) is 11.5 Å². The van der Waals surface area contributed by atoms with Crippen molar-refractivity contribution in [3.63, 3.8) is 0 Å². The number of methoxy groups -OCH3 is 2. The molecular formula is C17H27N3O2. The summed E-state index contributed by atoms with van der Waals surface area (Å²) in [5.41, 5.74) is 1.05. The molecule has 0 amide bonds. The van der Waals surface area contributed by atoms with E-state index in [1.54, 1.807) is 21.3 Å². The molecule has 22 heavy (non-hydrogen) atoms. The Balaban J connectivity index is 1.95. The van der Waals surface area contributed by atoms with E-state index in [9.17, 15) is 0 Å². The van der Waals surface area contributed by atoms with Gasteiger partial charge in [-0.15, -0.1) is 0 Å². The molecular weight excluding hydrogens is 278 g/mol. The summed E-state index contributed by atoms with van der Waals surface area (Å²) < 4.78 is 10.8. The fourth-order valence-corrected chi connectivity index (χ4v) is 2.91. The van der Waals surface area contributed by atoms with Crippen LogP contribution in [0.5, 0.6) is 11.5 Å². The number of ether oxygens (including phenoxy) is 2. The third kappa shape index (κ3) is 4.29. The van der Waals surface area contributed by atoms with Crippen molar-refractivity contribution in [1.29, 1.82) is 0 Å². The van der Waals surface area contributed by atoms with Crippen LogP contribution in [-0.2, 0) is 6.54 Å². The van der Waals surface area contributed by atoms with Crippen molar-refractivity contribution in [1.82, 2.24) is 10.6 Å². The highest BCUT2D eigenvalue weighted by Crippen LogP contribution is 2.30. The maximum absolute atomic E-state index is 5.46. The Morgan fingerprint density at radius 3 is 2.59 bits per heavy atom. The summed E-state index contributed by atoms with van der Waals surface area (Å²) in [6, 6.07) is 6.43. The maximum atomic E-state index is 5.46. The van der Waals surface area contributed by atoms with Crippen LogP contribution < -0.4 is 20.1 Å². The standard InChI is InChI=1S/C17H27N3O2/c1-18-17(20-14-9-5-4-6-10-14)19-12-13-8-7-11-15(21-2)16(13)22-3/h7-8,11,14H,4-6,9-10,12H2,1-3H3,(H2,18,19,20). The van der Waals surface area contributed by atoms with E-state index in [2.05, 4.69) is 15.6 Å². The molecule has 1 aromatic carbocycles. The average Bonchev–Trinajstić information content (AvgIpc) is 2.58. The summed E-state index contributed by atoms with van der Waals surface area (Å²) in [6.45, 7) is 0.646. The van der Waals surface area contributed by atoms with Crippen LogP contribution in [0.15, 0.2) is 23.2 Å².